The van der Waals surface area contributed by atoms with Crippen LogP contribution in [0, 0.1) is 0 Å². The number of nitrogens with zero attached hydrogens (tertiary/aromatic N) is 3. The molecule has 0 unspecified atom stereocenters. The van der Waals surface area contributed by atoms with Crippen LogP contribution in [-0.4, -0.2) is 73.7 Å². The lowest BCUT2D eigenvalue weighted by Crippen LogP contribution is -2.47. The van der Waals surface area contributed by atoms with Gasteiger partial charge in [0.2, 0.25) is 5.91 Å². The van der Waals surface area contributed by atoms with Crippen molar-refractivity contribution in [2.75, 3.05) is 45.9 Å². The normalized spacial score (nSPS) is 20.4. The van der Waals surface area contributed by atoms with Crippen LogP contribution in [0.25, 0.3) is 0 Å². The van der Waals surface area contributed by atoms with Gasteiger partial charge in [-0.2, -0.15) is 17.0 Å². The van der Waals surface area contributed by atoms with Crippen molar-refractivity contribution in [1.82, 2.24) is 13.5 Å². The van der Waals surface area contributed by atoms with E-state index in [1.165, 1.54) is 4.31 Å². The number of carbonyl (C=O) groups excluding carboxylic acids is 1. The number of hydrogen-bond acceptors (Lipinski definition) is 4. The van der Waals surface area contributed by atoms with Gasteiger partial charge in [0.25, 0.3) is 10.2 Å². The smallest absolute Gasteiger partial charge is 0.282 e. The summed E-state index contributed by atoms with van der Waals surface area (Å²) in [6, 6.07) is 9.73. The van der Waals surface area contributed by atoms with Gasteiger partial charge in [-0.3, -0.25) is 4.79 Å². The fourth-order valence-electron chi connectivity index (χ4n) is 3.55. The van der Waals surface area contributed by atoms with Crippen LogP contribution in [0.5, 0.6) is 0 Å². The van der Waals surface area contributed by atoms with E-state index < -0.39 is 10.2 Å². The molecule has 7 nitrogen and oxygen atoms in total. The molecule has 2 fully saturated rings. The molecular formula is C19H29N3O4S. The highest BCUT2D eigenvalue weighted by Crippen LogP contribution is 2.18. The Bertz CT molecular complexity index is 705. The van der Waals surface area contributed by atoms with Gasteiger partial charge < -0.3 is 9.64 Å². The van der Waals surface area contributed by atoms with E-state index in [0.717, 1.165) is 24.8 Å². The Morgan fingerprint density at radius 2 is 1.52 bits per heavy atom. The summed E-state index contributed by atoms with van der Waals surface area (Å²) in [5, 5.41) is 0. The van der Waals surface area contributed by atoms with Crippen LogP contribution < -0.4 is 0 Å². The first-order valence-corrected chi connectivity index (χ1v) is 11.1. The van der Waals surface area contributed by atoms with Crippen LogP contribution in [0.3, 0.4) is 0 Å². The third-order valence-corrected chi connectivity index (χ3v) is 7.15. The summed E-state index contributed by atoms with van der Waals surface area (Å²) in [7, 11) is -3.41. The van der Waals surface area contributed by atoms with Crippen LogP contribution in [0.1, 0.15) is 31.2 Å². The predicted octanol–water partition coefficient (Wildman–Crippen LogP) is 1.47. The maximum absolute atomic E-state index is 12.8. The molecule has 0 bridgehead atoms. The molecule has 8 heteroatoms. The fourth-order valence-corrected chi connectivity index (χ4v) is 5.27. The first kappa shape index (κ1) is 20.3. The Kier molecular flexibility index (Phi) is 7.23. The number of hydrogen-bond donors (Lipinski definition) is 0. The summed E-state index contributed by atoms with van der Waals surface area (Å²) in [5.41, 5.74) is 1.03. The van der Waals surface area contributed by atoms with E-state index in [1.54, 1.807) is 9.21 Å². The summed E-state index contributed by atoms with van der Waals surface area (Å²) >= 11 is 0. The molecule has 0 aromatic heterocycles. The summed E-state index contributed by atoms with van der Waals surface area (Å²) < 4.78 is 34.3. The first-order valence-electron chi connectivity index (χ1n) is 9.72. The van der Waals surface area contributed by atoms with Crippen LogP contribution >= 0.6 is 0 Å². The molecule has 0 saturated carbocycles. The van der Waals surface area contributed by atoms with E-state index in [4.69, 9.17) is 4.74 Å². The van der Waals surface area contributed by atoms with Crippen LogP contribution in [-0.2, 0) is 26.3 Å². The average Bonchev–Trinajstić information content (AvgIpc) is 2.96. The van der Waals surface area contributed by atoms with Gasteiger partial charge in [-0.15, -0.1) is 0 Å². The van der Waals surface area contributed by atoms with Crippen molar-refractivity contribution in [2.24, 2.45) is 0 Å². The third kappa shape index (κ3) is 5.51. The Balaban J connectivity index is 1.48. The Hall–Kier alpha value is -1.48. The van der Waals surface area contributed by atoms with Crippen LogP contribution in [0.15, 0.2) is 30.3 Å². The van der Waals surface area contributed by atoms with Crippen molar-refractivity contribution in [3.8, 4) is 0 Å². The van der Waals surface area contributed by atoms with Crippen molar-refractivity contribution in [1.29, 1.82) is 0 Å². The van der Waals surface area contributed by atoms with Gasteiger partial charge in [0.15, 0.2) is 0 Å². The van der Waals surface area contributed by atoms with Gasteiger partial charge in [0.05, 0.1) is 6.61 Å². The number of rotatable bonds is 6. The van der Waals surface area contributed by atoms with Crippen molar-refractivity contribution in [3.05, 3.63) is 35.9 Å². The van der Waals surface area contributed by atoms with Crippen molar-refractivity contribution in [2.45, 2.75) is 32.3 Å². The lowest BCUT2D eigenvalue weighted by Gasteiger charge is -2.31. The van der Waals surface area contributed by atoms with Gasteiger partial charge in [-0.25, -0.2) is 0 Å². The minimum Gasteiger partial charge on any atom is -0.367 e. The van der Waals surface area contributed by atoms with Crippen LogP contribution in [0.2, 0.25) is 0 Å². The molecule has 0 atom stereocenters. The van der Waals surface area contributed by atoms with Gasteiger partial charge in [0, 0.05) is 39.3 Å². The highest BCUT2D eigenvalue weighted by molar-refractivity contribution is 7.86. The maximum atomic E-state index is 12.8. The number of amides is 1. The zero-order valence-electron chi connectivity index (χ0n) is 15.8. The molecule has 3 rings (SSSR count). The first-order chi connectivity index (χ1) is 13.1. The molecule has 1 amide bonds. The van der Waals surface area contributed by atoms with E-state index in [-0.39, 0.29) is 12.5 Å². The van der Waals surface area contributed by atoms with Crippen molar-refractivity contribution >= 4 is 16.1 Å². The average molecular weight is 396 g/mol. The summed E-state index contributed by atoms with van der Waals surface area (Å²) in [6.45, 7) is 3.43. The molecule has 2 aliphatic heterocycles. The molecule has 150 valence electrons. The zero-order chi connectivity index (χ0) is 19.1. The number of benzene rings is 1. The van der Waals surface area contributed by atoms with Crippen LogP contribution in [0.4, 0.5) is 0 Å². The Labute approximate surface area is 162 Å². The largest absolute Gasteiger partial charge is 0.367 e. The Morgan fingerprint density at radius 1 is 0.852 bits per heavy atom. The molecule has 2 aliphatic rings. The second-order valence-corrected chi connectivity index (χ2v) is 9.01. The van der Waals surface area contributed by atoms with Gasteiger partial charge in [-0.1, -0.05) is 36.8 Å². The second kappa shape index (κ2) is 9.64. The summed E-state index contributed by atoms with van der Waals surface area (Å²) in [5.74, 6) is -0.0804. The van der Waals surface area contributed by atoms with E-state index in [1.807, 2.05) is 30.3 Å². The van der Waals surface area contributed by atoms with E-state index in [0.29, 0.717) is 52.3 Å². The minimum absolute atomic E-state index is 0.0216. The molecule has 0 radical (unpaired) electrons. The lowest BCUT2D eigenvalue weighted by atomic mass is 10.2. The van der Waals surface area contributed by atoms with Gasteiger partial charge in [-0.05, 0) is 24.8 Å². The SMILES string of the molecule is O=C(COCc1ccccc1)N1CCCN(S(=O)(=O)N2CCCCC2)CC1. The third-order valence-electron chi connectivity index (χ3n) is 5.11. The maximum Gasteiger partial charge on any atom is 0.282 e. The molecule has 0 spiro atoms. The quantitative estimate of drug-likeness (QED) is 0.731. The number of ether oxygens (including phenoxy) is 1. The monoisotopic (exact) mass is 395 g/mol. The molecule has 2 saturated heterocycles. The Morgan fingerprint density at radius 3 is 2.26 bits per heavy atom. The van der Waals surface area contributed by atoms with E-state index >= 15 is 0 Å². The van der Waals surface area contributed by atoms with E-state index in [2.05, 4.69) is 0 Å². The zero-order valence-corrected chi connectivity index (χ0v) is 16.6. The molecule has 1 aromatic rings. The van der Waals surface area contributed by atoms with E-state index in [9.17, 15) is 13.2 Å². The number of piperidine rings is 1. The molecule has 27 heavy (non-hydrogen) atoms. The molecular weight excluding hydrogens is 366 g/mol. The summed E-state index contributed by atoms with van der Waals surface area (Å²) in [4.78, 5) is 14.1. The molecule has 0 aliphatic carbocycles. The minimum atomic E-state index is -3.41. The van der Waals surface area contributed by atoms with Crippen molar-refractivity contribution in [3.63, 3.8) is 0 Å². The van der Waals surface area contributed by atoms with Crippen molar-refractivity contribution < 1.29 is 17.9 Å². The highest BCUT2D eigenvalue weighted by atomic mass is 32.2. The second-order valence-electron chi connectivity index (χ2n) is 7.08. The predicted molar refractivity (Wildman–Crippen MR) is 103 cm³/mol. The standard InChI is InChI=1S/C19H29N3O4S/c23-19(17-26-16-18-8-3-1-4-9-18)20-10-7-13-22(15-14-20)27(24,25)21-11-5-2-6-12-21/h1,3-4,8-9H,2,5-7,10-17H2. The van der Waals surface area contributed by atoms with Gasteiger partial charge >= 0.3 is 0 Å². The number of carbonyl (C=O) groups is 1. The molecule has 0 N–H and O–H groups in total. The summed E-state index contributed by atoms with van der Waals surface area (Å²) in [6.07, 6.45) is 3.60. The lowest BCUT2D eigenvalue weighted by molar-refractivity contribution is -0.136. The molecule has 1 aromatic carbocycles. The molecule has 2 heterocycles. The fraction of sp³-hybridized carbons (Fsp3) is 0.632. The van der Waals surface area contributed by atoms with Gasteiger partial charge in [0.1, 0.15) is 6.61 Å². The highest BCUT2D eigenvalue weighted by Gasteiger charge is 2.32. The topological polar surface area (TPSA) is 70.2 Å².